The molecule has 0 amide bonds. The van der Waals surface area contributed by atoms with Crippen LogP contribution in [0.3, 0.4) is 0 Å². The molecule has 1 fully saturated rings. The van der Waals surface area contributed by atoms with Crippen LogP contribution < -0.4 is 0 Å². The largest absolute Gasteiger partial charge is 0.388 e. The van der Waals surface area contributed by atoms with E-state index in [0.29, 0.717) is 6.04 Å². The van der Waals surface area contributed by atoms with Crippen molar-refractivity contribution in [3.8, 4) is 0 Å². The van der Waals surface area contributed by atoms with Crippen molar-refractivity contribution in [1.29, 1.82) is 0 Å². The quantitative estimate of drug-likeness (QED) is 0.839. The van der Waals surface area contributed by atoms with Crippen molar-refractivity contribution >= 4 is 0 Å². The zero-order valence-electron chi connectivity index (χ0n) is 13.9. The van der Waals surface area contributed by atoms with Gasteiger partial charge in [-0.15, -0.1) is 0 Å². The number of piperidine rings is 1. The molecule has 0 bridgehead atoms. The first-order valence-corrected chi connectivity index (χ1v) is 8.51. The summed E-state index contributed by atoms with van der Waals surface area (Å²) in [7, 11) is 0. The first-order chi connectivity index (χ1) is 10.0. The Labute approximate surface area is 130 Å². The summed E-state index contributed by atoms with van der Waals surface area (Å²) in [5, 5.41) is 10.8. The van der Waals surface area contributed by atoms with Gasteiger partial charge in [-0.3, -0.25) is 4.90 Å². The minimum Gasteiger partial charge on any atom is -0.388 e. The first kappa shape index (κ1) is 16.5. The first-order valence-electron chi connectivity index (χ1n) is 8.51. The van der Waals surface area contributed by atoms with Crippen molar-refractivity contribution in [2.75, 3.05) is 13.1 Å². The molecule has 0 spiro atoms. The lowest BCUT2D eigenvalue weighted by Crippen LogP contribution is -2.46. The third kappa shape index (κ3) is 4.31. The third-order valence-electron chi connectivity index (χ3n) is 4.84. The van der Waals surface area contributed by atoms with E-state index in [1.165, 1.54) is 38.6 Å². The summed E-state index contributed by atoms with van der Waals surface area (Å²) in [6.07, 6.45) is 6.13. The van der Waals surface area contributed by atoms with Crippen LogP contribution >= 0.6 is 0 Å². The molecule has 2 atom stereocenters. The van der Waals surface area contributed by atoms with Crippen molar-refractivity contribution < 1.29 is 5.11 Å². The SMILES string of the molecule is CCCC1CCCCN1CC(C)(C)C(O)c1ccccc1. The second-order valence-corrected chi connectivity index (χ2v) is 7.21. The smallest absolute Gasteiger partial charge is 0.0853 e. The van der Waals surface area contributed by atoms with E-state index in [9.17, 15) is 5.11 Å². The third-order valence-corrected chi connectivity index (χ3v) is 4.84. The Morgan fingerprint density at radius 2 is 1.95 bits per heavy atom. The van der Waals surface area contributed by atoms with Gasteiger partial charge < -0.3 is 5.11 Å². The van der Waals surface area contributed by atoms with Crippen molar-refractivity contribution in [2.45, 2.75) is 65.0 Å². The molecule has 0 radical (unpaired) electrons. The number of benzene rings is 1. The predicted molar refractivity (Wildman–Crippen MR) is 89.3 cm³/mol. The summed E-state index contributed by atoms with van der Waals surface area (Å²) >= 11 is 0. The number of likely N-dealkylation sites (tertiary alicyclic amines) is 1. The van der Waals surface area contributed by atoms with Gasteiger partial charge in [-0.05, 0) is 31.4 Å². The molecule has 118 valence electrons. The summed E-state index contributed by atoms with van der Waals surface area (Å²) < 4.78 is 0. The van der Waals surface area contributed by atoms with Crippen LogP contribution in [-0.4, -0.2) is 29.1 Å². The van der Waals surface area contributed by atoms with Crippen molar-refractivity contribution in [3.05, 3.63) is 35.9 Å². The van der Waals surface area contributed by atoms with Crippen molar-refractivity contribution in [1.82, 2.24) is 4.90 Å². The highest BCUT2D eigenvalue weighted by Crippen LogP contribution is 2.36. The molecule has 1 saturated heterocycles. The summed E-state index contributed by atoms with van der Waals surface area (Å²) in [6, 6.07) is 10.8. The van der Waals surface area contributed by atoms with E-state index in [1.54, 1.807) is 0 Å². The van der Waals surface area contributed by atoms with E-state index in [0.717, 1.165) is 12.1 Å². The van der Waals surface area contributed by atoms with Crippen LogP contribution in [0.15, 0.2) is 30.3 Å². The van der Waals surface area contributed by atoms with Crippen LogP contribution in [-0.2, 0) is 0 Å². The summed E-state index contributed by atoms with van der Waals surface area (Å²) in [6.45, 7) is 8.84. The summed E-state index contributed by atoms with van der Waals surface area (Å²) in [5.74, 6) is 0. The summed E-state index contributed by atoms with van der Waals surface area (Å²) in [5.41, 5.74) is 0.913. The molecule has 21 heavy (non-hydrogen) atoms. The van der Waals surface area contributed by atoms with Gasteiger partial charge >= 0.3 is 0 Å². The van der Waals surface area contributed by atoms with Crippen LogP contribution in [0.2, 0.25) is 0 Å². The molecule has 0 saturated carbocycles. The number of aliphatic hydroxyl groups is 1. The van der Waals surface area contributed by atoms with Gasteiger partial charge in [-0.1, -0.05) is 63.9 Å². The van der Waals surface area contributed by atoms with Gasteiger partial charge in [0.25, 0.3) is 0 Å². The van der Waals surface area contributed by atoms with E-state index in [1.807, 2.05) is 30.3 Å². The average Bonchev–Trinajstić information content (AvgIpc) is 2.49. The van der Waals surface area contributed by atoms with Crippen LogP contribution in [0.1, 0.15) is 64.5 Å². The molecule has 1 aromatic rings. The average molecular weight is 289 g/mol. The number of rotatable bonds is 6. The Kier molecular flexibility index (Phi) is 5.83. The van der Waals surface area contributed by atoms with Crippen molar-refractivity contribution in [3.63, 3.8) is 0 Å². The summed E-state index contributed by atoms with van der Waals surface area (Å²) in [4.78, 5) is 2.62. The molecule has 2 unspecified atom stereocenters. The standard InChI is InChI=1S/C19H31NO/c1-4-10-17-13-8-9-14-20(17)15-19(2,3)18(21)16-11-6-5-7-12-16/h5-7,11-12,17-18,21H,4,8-10,13-15H2,1-3H3. The fourth-order valence-electron chi connectivity index (χ4n) is 3.62. The lowest BCUT2D eigenvalue weighted by atomic mass is 9.81. The van der Waals surface area contributed by atoms with Gasteiger partial charge in [-0.2, -0.15) is 0 Å². The van der Waals surface area contributed by atoms with Gasteiger partial charge in [0, 0.05) is 18.0 Å². The van der Waals surface area contributed by atoms with E-state index >= 15 is 0 Å². The molecule has 2 nitrogen and oxygen atoms in total. The fraction of sp³-hybridized carbons (Fsp3) is 0.684. The zero-order valence-corrected chi connectivity index (χ0v) is 13.9. The lowest BCUT2D eigenvalue weighted by molar-refractivity contribution is -0.000510. The Morgan fingerprint density at radius 1 is 1.24 bits per heavy atom. The highest BCUT2D eigenvalue weighted by atomic mass is 16.3. The Bertz CT molecular complexity index is 413. The van der Waals surface area contributed by atoms with Crippen LogP contribution in [0.25, 0.3) is 0 Å². The maximum atomic E-state index is 10.8. The molecule has 1 N–H and O–H groups in total. The minimum absolute atomic E-state index is 0.120. The van der Waals surface area contributed by atoms with Gasteiger partial charge in [0.15, 0.2) is 0 Å². The minimum atomic E-state index is -0.400. The van der Waals surface area contributed by atoms with E-state index in [4.69, 9.17) is 0 Å². The Balaban J connectivity index is 2.04. The van der Waals surface area contributed by atoms with Gasteiger partial charge in [0.1, 0.15) is 0 Å². The molecule has 1 heterocycles. The number of hydrogen-bond donors (Lipinski definition) is 1. The number of aliphatic hydroxyl groups excluding tert-OH is 1. The second-order valence-electron chi connectivity index (χ2n) is 7.21. The van der Waals surface area contributed by atoms with E-state index in [2.05, 4.69) is 25.7 Å². The van der Waals surface area contributed by atoms with E-state index < -0.39 is 6.10 Å². The second kappa shape index (κ2) is 7.42. The predicted octanol–water partition coefficient (Wildman–Crippen LogP) is 4.40. The molecule has 1 aromatic carbocycles. The highest BCUT2D eigenvalue weighted by molar-refractivity contribution is 5.19. The van der Waals surface area contributed by atoms with Crippen LogP contribution in [0.5, 0.6) is 0 Å². The van der Waals surface area contributed by atoms with Crippen LogP contribution in [0.4, 0.5) is 0 Å². The molecule has 0 aliphatic carbocycles. The molecule has 2 rings (SSSR count). The number of nitrogens with zero attached hydrogens (tertiary/aromatic N) is 1. The topological polar surface area (TPSA) is 23.5 Å². The zero-order chi connectivity index (χ0) is 15.3. The normalized spacial score (nSPS) is 22.2. The van der Waals surface area contributed by atoms with Crippen molar-refractivity contribution in [2.24, 2.45) is 5.41 Å². The Hall–Kier alpha value is -0.860. The fourth-order valence-corrected chi connectivity index (χ4v) is 3.62. The highest BCUT2D eigenvalue weighted by Gasteiger charge is 2.34. The number of hydrogen-bond acceptors (Lipinski definition) is 2. The molecule has 1 aliphatic heterocycles. The van der Waals surface area contributed by atoms with Crippen LogP contribution in [0, 0.1) is 5.41 Å². The Morgan fingerprint density at radius 3 is 2.62 bits per heavy atom. The monoisotopic (exact) mass is 289 g/mol. The molecular weight excluding hydrogens is 258 g/mol. The lowest BCUT2D eigenvalue weighted by Gasteiger charge is -2.42. The maximum Gasteiger partial charge on any atom is 0.0853 e. The van der Waals surface area contributed by atoms with Gasteiger partial charge in [-0.25, -0.2) is 0 Å². The molecule has 1 aliphatic rings. The maximum absolute atomic E-state index is 10.8. The van der Waals surface area contributed by atoms with Gasteiger partial charge in [0.2, 0.25) is 0 Å². The van der Waals surface area contributed by atoms with Gasteiger partial charge in [0.05, 0.1) is 6.10 Å². The van der Waals surface area contributed by atoms with E-state index in [-0.39, 0.29) is 5.41 Å². The molecular formula is C19H31NO. The molecule has 0 aromatic heterocycles. The molecule has 2 heteroatoms.